The third-order valence-corrected chi connectivity index (χ3v) is 4.08. The lowest BCUT2D eigenvalue weighted by molar-refractivity contribution is 0.0732. The molecule has 0 saturated carbocycles. The molecule has 1 aromatic carbocycles. The van der Waals surface area contributed by atoms with E-state index < -0.39 is 0 Å². The van der Waals surface area contributed by atoms with Gasteiger partial charge in [-0.05, 0) is 19.1 Å². The molecular weight excluding hydrogens is 276 g/mol. The van der Waals surface area contributed by atoms with Crippen molar-refractivity contribution in [3.63, 3.8) is 0 Å². The fourth-order valence-electron chi connectivity index (χ4n) is 2.99. The summed E-state index contributed by atoms with van der Waals surface area (Å²) in [6.07, 6.45) is 2.67. The topological polar surface area (TPSA) is 50.5 Å². The van der Waals surface area contributed by atoms with Crippen molar-refractivity contribution in [2.75, 3.05) is 6.54 Å². The second kappa shape index (κ2) is 4.94. The average Bonchev–Trinajstić information content (AvgIpc) is 2.95. The summed E-state index contributed by atoms with van der Waals surface area (Å²) in [7, 11) is 0. The molecule has 0 fully saturated rings. The Kier molecular flexibility index (Phi) is 2.92. The first-order valence-electron chi connectivity index (χ1n) is 7.40. The van der Waals surface area contributed by atoms with Crippen LogP contribution in [0.25, 0.3) is 5.65 Å². The number of aromatic nitrogens is 3. The van der Waals surface area contributed by atoms with Gasteiger partial charge in [0.25, 0.3) is 5.91 Å². The monoisotopic (exact) mass is 292 g/mol. The number of benzene rings is 1. The Bertz CT molecular complexity index is 854. The zero-order valence-corrected chi connectivity index (χ0v) is 12.4. The van der Waals surface area contributed by atoms with Crippen LogP contribution in [0.3, 0.4) is 0 Å². The second-order valence-corrected chi connectivity index (χ2v) is 5.63. The van der Waals surface area contributed by atoms with E-state index in [-0.39, 0.29) is 5.91 Å². The van der Waals surface area contributed by atoms with Crippen molar-refractivity contribution in [1.82, 2.24) is 19.5 Å². The number of nitrogens with zero attached hydrogens (tertiary/aromatic N) is 4. The van der Waals surface area contributed by atoms with Gasteiger partial charge in [0, 0.05) is 42.9 Å². The highest BCUT2D eigenvalue weighted by molar-refractivity contribution is 5.94. The van der Waals surface area contributed by atoms with E-state index in [4.69, 9.17) is 0 Å². The molecule has 5 heteroatoms. The Labute approximate surface area is 128 Å². The molecule has 0 bridgehead atoms. The third-order valence-electron chi connectivity index (χ3n) is 4.08. The first-order valence-corrected chi connectivity index (χ1v) is 7.40. The van der Waals surface area contributed by atoms with Gasteiger partial charge in [0.1, 0.15) is 0 Å². The van der Waals surface area contributed by atoms with Crippen LogP contribution in [0.1, 0.15) is 27.3 Å². The SMILES string of the molecule is Cc1cc2ncc3c(n2n1)CCN(C(=O)c1ccccc1)C3. The Morgan fingerprint density at radius 1 is 1.23 bits per heavy atom. The summed E-state index contributed by atoms with van der Waals surface area (Å²) in [5.74, 6) is 0.0722. The lowest BCUT2D eigenvalue weighted by Crippen LogP contribution is -2.37. The van der Waals surface area contributed by atoms with Crippen molar-refractivity contribution in [2.45, 2.75) is 19.9 Å². The van der Waals surface area contributed by atoms with Crippen molar-refractivity contribution in [3.05, 3.63) is 65.1 Å². The third kappa shape index (κ3) is 2.06. The van der Waals surface area contributed by atoms with Crippen LogP contribution in [0.5, 0.6) is 0 Å². The zero-order chi connectivity index (χ0) is 15.1. The van der Waals surface area contributed by atoms with Gasteiger partial charge in [-0.3, -0.25) is 4.79 Å². The number of fused-ring (bicyclic) bond motifs is 3. The lowest BCUT2D eigenvalue weighted by atomic mass is 10.1. The standard InChI is InChI=1S/C17H16N4O/c1-12-9-16-18-10-14-11-20(8-7-15(14)21(16)19-12)17(22)13-5-3-2-4-6-13/h2-6,9-10H,7-8,11H2,1H3. The van der Waals surface area contributed by atoms with Crippen LogP contribution in [0.15, 0.2) is 42.6 Å². The van der Waals surface area contributed by atoms with E-state index in [0.29, 0.717) is 13.1 Å². The van der Waals surface area contributed by atoms with Gasteiger partial charge >= 0.3 is 0 Å². The molecule has 1 aliphatic rings. The molecule has 3 heterocycles. The number of rotatable bonds is 1. The maximum atomic E-state index is 12.6. The summed E-state index contributed by atoms with van der Waals surface area (Å²) in [6, 6.07) is 11.4. The number of hydrogen-bond donors (Lipinski definition) is 0. The van der Waals surface area contributed by atoms with E-state index in [2.05, 4.69) is 10.1 Å². The maximum Gasteiger partial charge on any atom is 0.254 e. The first-order chi connectivity index (χ1) is 10.7. The van der Waals surface area contributed by atoms with E-state index >= 15 is 0 Å². The Balaban J connectivity index is 1.67. The predicted molar refractivity (Wildman–Crippen MR) is 82.6 cm³/mol. The van der Waals surface area contributed by atoms with Gasteiger partial charge in [-0.1, -0.05) is 18.2 Å². The zero-order valence-electron chi connectivity index (χ0n) is 12.4. The highest BCUT2D eigenvalue weighted by Crippen LogP contribution is 2.21. The molecule has 1 amide bonds. The molecule has 0 saturated heterocycles. The minimum atomic E-state index is 0.0722. The molecule has 3 aromatic rings. The Hall–Kier alpha value is -2.69. The molecule has 22 heavy (non-hydrogen) atoms. The quantitative estimate of drug-likeness (QED) is 0.691. The van der Waals surface area contributed by atoms with Crippen LogP contribution in [0.4, 0.5) is 0 Å². The van der Waals surface area contributed by atoms with E-state index in [1.807, 2.05) is 58.9 Å². The molecule has 0 spiro atoms. The van der Waals surface area contributed by atoms with Crippen molar-refractivity contribution >= 4 is 11.6 Å². The minimum absolute atomic E-state index is 0.0722. The van der Waals surface area contributed by atoms with Crippen molar-refractivity contribution in [1.29, 1.82) is 0 Å². The number of carbonyl (C=O) groups excluding carboxylic acids is 1. The van der Waals surface area contributed by atoms with Gasteiger partial charge in [-0.15, -0.1) is 0 Å². The van der Waals surface area contributed by atoms with E-state index in [1.54, 1.807) is 0 Å². The fourth-order valence-corrected chi connectivity index (χ4v) is 2.99. The first kappa shape index (κ1) is 13.0. The van der Waals surface area contributed by atoms with Gasteiger partial charge < -0.3 is 4.90 Å². The maximum absolute atomic E-state index is 12.6. The molecule has 0 atom stereocenters. The second-order valence-electron chi connectivity index (χ2n) is 5.63. The predicted octanol–water partition coefficient (Wildman–Crippen LogP) is 2.24. The molecule has 5 nitrogen and oxygen atoms in total. The van der Waals surface area contributed by atoms with E-state index in [1.165, 1.54) is 0 Å². The van der Waals surface area contributed by atoms with Crippen LogP contribution in [0, 0.1) is 6.92 Å². The van der Waals surface area contributed by atoms with E-state index in [0.717, 1.165) is 34.6 Å². The fraction of sp³-hybridized carbons (Fsp3) is 0.235. The molecule has 0 N–H and O–H groups in total. The number of carbonyl (C=O) groups is 1. The summed E-state index contributed by atoms with van der Waals surface area (Å²) in [5, 5.41) is 4.51. The van der Waals surface area contributed by atoms with Gasteiger partial charge in [0.05, 0.1) is 11.4 Å². The molecule has 110 valence electrons. The molecule has 4 rings (SSSR count). The van der Waals surface area contributed by atoms with Crippen LogP contribution in [-0.4, -0.2) is 31.9 Å². The molecule has 2 aromatic heterocycles. The Morgan fingerprint density at radius 3 is 2.86 bits per heavy atom. The summed E-state index contributed by atoms with van der Waals surface area (Å²) in [6.45, 7) is 3.26. The van der Waals surface area contributed by atoms with Gasteiger partial charge in [-0.25, -0.2) is 9.50 Å². The van der Waals surface area contributed by atoms with Crippen LogP contribution < -0.4 is 0 Å². The summed E-state index contributed by atoms with van der Waals surface area (Å²) in [4.78, 5) is 18.9. The summed E-state index contributed by atoms with van der Waals surface area (Å²) in [5.41, 5.74) is 4.80. The number of amides is 1. The van der Waals surface area contributed by atoms with Gasteiger partial charge in [0.15, 0.2) is 5.65 Å². The molecule has 0 aliphatic carbocycles. The number of hydrogen-bond acceptors (Lipinski definition) is 3. The highest BCUT2D eigenvalue weighted by atomic mass is 16.2. The summed E-state index contributed by atoms with van der Waals surface area (Å²) < 4.78 is 1.91. The van der Waals surface area contributed by atoms with Crippen LogP contribution >= 0.6 is 0 Å². The minimum Gasteiger partial charge on any atom is -0.334 e. The molecule has 1 aliphatic heterocycles. The highest BCUT2D eigenvalue weighted by Gasteiger charge is 2.24. The normalized spacial score (nSPS) is 14.1. The van der Waals surface area contributed by atoms with Crippen molar-refractivity contribution < 1.29 is 4.79 Å². The molecule has 0 unspecified atom stereocenters. The van der Waals surface area contributed by atoms with Gasteiger partial charge in [-0.2, -0.15) is 5.10 Å². The summed E-state index contributed by atoms with van der Waals surface area (Å²) >= 11 is 0. The Morgan fingerprint density at radius 2 is 2.05 bits per heavy atom. The van der Waals surface area contributed by atoms with E-state index in [9.17, 15) is 4.79 Å². The van der Waals surface area contributed by atoms with Crippen molar-refractivity contribution in [2.24, 2.45) is 0 Å². The molecular formula is C17H16N4O. The smallest absolute Gasteiger partial charge is 0.254 e. The average molecular weight is 292 g/mol. The van der Waals surface area contributed by atoms with Crippen molar-refractivity contribution in [3.8, 4) is 0 Å². The van der Waals surface area contributed by atoms with Crippen LogP contribution in [0.2, 0.25) is 0 Å². The van der Waals surface area contributed by atoms with Crippen LogP contribution in [-0.2, 0) is 13.0 Å². The largest absolute Gasteiger partial charge is 0.334 e. The van der Waals surface area contributed by atoms with Gasteiger partial charge in [0.2, 0.25) is 0 Å². The number of aryl methyl sites for hydroxylation is 1. The lowest BCUT2D eigenvalue weighted by Gasteiger charge is -2.28. The molecule has 0 radical (unpaired) electrons.